The average Bonchev–Trinajstić information content (AvgIpc) is 2.69. The molecule has 0 aliphatic rings. The third-order valence-corrected chi connectivity index (χ3v) is 5.93. The summed E-state index contributed by atoms with van der Waals surface area (Å²) in [5.41, 5.74) is 1.95. The van der Waals surface area contributed by atoms with Gasteiger partial charge in [0.1, 0.15) is 0 Å². The molecular formula is C20H17BrN2O3S. The van der Waals surface area contributed by atoms with Crippen LogP contribution in [0.25, 0.3) is 0 Å². The van der Waals surface area contributed by atoms with Crippen molar-refractivity contribution in [3.8, 4) is 0 Å². The molecule has 0 saturated carbocycles. The van der Waals surface area contributed by atoms with Crippen LogP contribution in [0, 0.1) is 0 Å². The Morgan fingerprint density at radius 3 is 2.33 bits per heavy atom. The maximum absolute atomic E-state index is 12.8. The Hall–Kier alpha value is -2.51. The first-order chi connectivity index (χ1) is 12.9. The van der Waals surface area contributed by atoms with E-state index in [0.29, 0.717) is 10.0 Å². The van der Waals surface area contributed by atoms with Crippen molar-refractivity contribution in [3.63, 3.8) is 0 Å². The predicted octanol–water partition coefficient (Wildman–Crippen LogP) is 4.44. The van der Waals surface area contributed by atoms with Gasteiger partial charge in [0.05, 0.1) is 10.6 Å². The van der Waals surface area contributed by atoms with E-state index in [1.54, 1.807) is 54.6 Å². The quantitative estimate of drug-likeness (QED) is 0.570. The van der Waals surface area contributed by atoms with E-state index in [9.17, 15) is 13.2 Å². The van der Waals surface area contributed by atoms with Crippen LogP contribution in [-0.4, -0.2) is 19.2 Å². The van der Waals surface area contributed by atoms with Crippen LogP contribution < -0.4 is 4.72 Å². The van der Waals surface area contributed by atoms with Crippen LogP contribution in [0.5, 0.6) is 0 Å². The number of sulfonamides is 1. The summed E-state index contributed by atoms with van der Waals surface area (Å²) in [4.78, 5) is 16.9. The van der Waals surface area contributed by atoms with Crippen LogP contribution in [0.2, 0.25) is 0 Å². The molecule has 0 fully saturated rings. The average molecular weight is 445 g/mol. The summed E-state index contributed by atoms with van der Waals surface area (Å²) in [5.74, 6) is -0.294. The number of ketones is 1. The second-order valence-electron chi connectivity index (χ2n) is 5.86. The molecular weight excluding hydrogens is 428 g/mol. The lowest BCUT2D eigenvalue weighted by Gasteiger charge is -2.13. The number of hydrogen-bond acceptors (Lipinski definition) is 4. The van der Waals surface area contributed by atoms with Gasteiger partial charge < -0.3 is 0 Å². The van der Waals surface area contributed by atoms with Crippen LogP contribution in [0.15, 0.2) is 76.4 Å². The van der Waals surface area contributed by atoms with Gasteiger partial charge in [-0.15, -0.1) is 0 Å². The molecule has 7 heteroatoms. The Morgan fingerprint density at radius 2 is 1.70 bits per heavy atom. The Labute approximate surface area is 166 Å². The molecule has 0 saturated heterocycles. The van der Waals surface area contributed by atoms with Crippen LogP contribution in [0.4, 0.5) is 5.69 Å². The Morgan fingerprint density at radius 1 is 1.04 bits per heavy atom. The largest absolute Gasteiger partial charge is 0.289 e. The lowest BCUT2D eigenvalue weighted by Crippen LogP contribution is -2.16. The zero-order chi connectivity index (χ0) is 19.4. The summed E-state index contributed by atoms with van der Waals surface area (Å²) in [6.45, 7) is 2.00. The fraction of sp³-hybridized carbons (Fsp3) is 0.100. The van der Waals surface area contributed by atoms with Crippen molar-refractivity contribution in [1.29, 1.82) is 0 Å². The number of nitrogens with one attached hydrogen (secondary N) is 1. The van der Waals surface area contributed by atoms with Crippen LogP contribution in [0.3, 0.4) is 0 Å². The molecule has 2 aromatic carbocycles. The highest BCUT2D eigenvalue weighted by molar-refractivity contribution is 9.10. The lowest BCUT2D eigenvalue weighted by atomic mass is 10.0. The van der Waals surface area contributed by atoms with E-state index in [1.807, 2.05) is 6.92 Å². The predicted molar refractivity (Wildman–Crippen MR) is 108 cm³/mol. The van der Waals surface area contributed by atoms with Crippen molar-refractivity contribution in [2.45, 2.75) is 18.2 Å². The number of carbonyl (C=O) groups is 1. The Balaban J connectivity index is 1.98. The minimum absolute atomic E-state index is 0.143. The van der Waals surface area contributed by atoms with E-state index < -0.39 is 10.0 Å². The van der Waals surface area contributed by atoms with Gasteiger partial charge in [-0.05, 0) is 54.4 Å². The molecule has 0 unspecified atom stereocenters. The van der Waals surface area contributed by atoms with Gasteiger partial charge in [0.15, 0.2) is 5.78 Å². The molecule has 0 bridgehead atoms. The van der Waals surface area contributed by atoms with E-state index in [2.05, 4.69) is 25.6 Å². The summed E-state index contributed by atoms with van der Waals surface area (Å²) in [6, 6.07) is 14.7. The van der Waals surface area contributed by atoms with Crippen LogP contribution >= 0.6 is 15.9 Å². The molecule has 1 heterocycles. The van der Waals surface area contributed by atoms with Gasteiger partial charge in [-0.3, -0.25) is 14.5 Å². The first kappa shape index (κ1) is 19.3. The standard InChI is InChI=1S/C20H17BrN2O3S/c1-2-14-3-6-17(7-4-14)27(25,26)23-19-8-5-16(21)13-18(19)20(24)15-9-11-22-12-10-15/h3-13,23H,2H2,1H3. The molecule has 0 spiro atoms. The molecule has 5 nitrogen and oxygen atoms in total. The zero-order valence-electron chi connectivity index (χ0n) is 14.5. The fourth-order valence-electron chi connectivity index (χ4n) is 2.56. The maximum atomic E-state index is 12.8. The molecule has 1 aromatic heterocycles. The molecule has 0 aliphatic heterocycles. The number of rotatable bonds is 6. The topological polar surface area (TPSA) is 76.1 Å². The summed E-state index contributed by atoms with van der Waals surface area (Å²) in [5, 5.41) is 0. The van der Waals surface area contributed by atoms with Gasteiger partial charge in [0.2, 0.25) is 0 Å². The highest BCUT2D eigenvalue weighted by atomic mass is 79.9. The highest BCUT2D eigenvalue weighted by Crippen LogP contribution is 2.26. The number of pyridine rings is 1. The Bertz CT molecular complexity index is 1070. The second-order valence-corrected chi connectivity index (χ2v) is 8.46. The zero-order valence-corrected chi connectivity index (χ0v) is 16.9. The summed E-state index contributed by atoms with van der Waals surface area (Å²) < 4.78 is 28.7. The lowest BCUT2D eigenvalue weighted by molar-refractivity contribution is 0.103. The van der Waals surface area contributed by atoms with Gasteiger partial charge in [0.25, 0.3) is 10.0 Å². The first-order valence-corrected chi connectivity index (χ1v) is 10.5. The van der Waals surface area contributed by atoms with Gasteiger partial charge in [-0.25, -0.2) is 8.42 Å². The summed E-state index contributed by atoms with van der Waals surface area (Å²) >= 11 is 3.34. The number of carbonyl (C=O) groups excluding carboxylic acids is 1. The normalized spacial score (nSPS) is 11.2. The van der Waals surface area contributed by atoms with Crippen LogP contribution in [-0.2, 0) is 16.4 Å². The van der Waals surface area contributed by atoms with Crippen molar-refractivity contribution in [1.82, 2.24) is 4.98 Å². The summed E-state index contributed by atoms with van der Waals surface area (Å²) in [7, 11) is -3.82. The molecule has 0 atom stereocenters. The van der Waals surface area contributed by atoms with Gasteiger partial charge in [0, 0.05) is 28.0 Å². The number of aromatic nitrogens is 1. The van der Waals surface area contributed by atoms with Crippen molar-refractivity contribution in [2.75, 3.05) is 4.72 Å². The second kappa shape index (κ2) is 8.02. The van der Waals surface area contributed by atoms with Crippen molar-refractivity contribution in [2.24, 2.45) is 0 Å². The molecule has 0 aliphatic carbocycles. The van der Waals surface area contributed by atoms with Gasteiger partial charge >= 0.3 is 0 Å². The van der Waals surface area contributed by atoms with Gasteiger partial charge in [-0.1, -0.05) is 35.0 Å². The van der Waals surface area contributed by atoms with E-state index in [-0.39, 0.29) is 21.9 Å². The number of nitrogens with zero attached hydrogens (tertiary/aromatic N) is 1. The van der Waals surface area contributed by atoms with E-state index >= 15 is 0 Å². The van der Waals surface area contributed by atoms with Crippen molar-refractivity contribution < 1.29 is 13.2 Å². The van der Waals surface area contributed by atoms with E-state index in [0.717, 1.165) is 12.0 Å². The minimum atomic E-state index is -3.82. The number of hydrogen-bond donors (Lipinski definition) is 1. The molecule has 27 heavy (non-hydrogen) atoms. The highest BCUT2D eigenvalue weighted by Gasteiger charge is 2.20. The monoisotopic (exact) mass is 444 g/mol. The third kappa shape index (κ3) is 4.43. The van der Waals surface area contributed by atoms with Crippen LogP contribution in [0.1, 0.15) is 28.4 Å². The van der Waals surface area contributed by atoms with Crippen molar-refractivity contribution in [3.05, 3.63) is 88.2 Å². The molecule has 0 amide bonds. The van der Waals surface area contributed by atoms with Gasteiger partial charge in [-0.2, -0.15) is 0 Å². The first-order valence-electron chi connectivity index (χ1n) is 8.27. The minimum Gasteiger partial charge on any atom is -0.289 e. The molecule has 0 radical (unpaired) electrons. The number of anilines is 1. The third-order valence-electron chi connectivity index (χ3n) is 4.05. The number of halogens is 1. The van der Waals surface area contributed by atoms with E-state index in [1.165, 1.54) is 12.4 Å². The smallest absolute Gasteiger partial charge is 0.261 e. The maximum Gasteiger partial charge on any atom is 0.261 e. The van der Waals surface area contributed by atoms with Crippen molar-refractivity contribution >= 4 is 37.4 Å². The molecule has 3 aromatic rings. The number of aryl methyl sites for hydroxylation is 1. The molecule has 138 valence electrons. The Kier molecular flexibility index (Phi) is 5.72. The van der Waals surface area contributed by atoms with E-state index in [4.69, 9.17) is 0 Å². The SMILES string of the molecule is CCc1ccc(S(=O)(=O)Nc2ccc(Br)cc2C(=O)c2ccncc2)cc1. The fourth-order valence-corrected chi connectivity index (χ4v) is 4.00. The number of benzene rings is 2. The molecule has 1 N–H and O–H groups in total. The summed E-state index contributed by atoms with van der Waals surface area (Å²) in [6.07, 6.45) is 3.86. The molecule has 3 rings (SSSR count).